The Labute approximate surface area is 94.1 Å². The van der Waals surface area contributed by atoms with Crippen molar-refractivity contribution in [1.29, 1.82) is 0 Å². The number of aliphatic hydroxyl groups excluding tert-OH is 1. The molecule has 6 heteroatoms. The average molecular weight is 224 g/mol. The van der Waals surface area contributed by atoms with Crippen LogP contribution in [0.3, 0.4) is 0 Å². The van der Waals surface area contributed by atoms with Crippen LogP contribution in [-0.4, -0.2) is 41.4 Å². The first kappa shape index (κ1) is 10.9. The third-order valence-corrected chi connectivity index (χ3v) is 2.62. The Morgan fingerprint density at radius 2 is 2.31 bits per heavy atom. The Bertz CT molecular complexity index is 368. The van der Waals surface area contributed by atoms with Crippen LogP contribution >= 0.6 is 0 Å². The maximum atomic E-state index is 9.03. The molecule has 88 valence electrons. The lowest BCUT2D eigenvalue weighted by Gasteiger charge is -2.23. The molecule has 16 heavy (non-hydrogen) atoms. The molecule has 0 aliphatic heterocycles. The van der Waals surface area contributed by atoms with Crippen LogP contribution in [0.15, 0.2) is 6.33 Å². The SMILES string of the molecule is COc1ncnc(N(CCO)C2CC2)c1N. The van der Waals surface area contributed by atoms with Gasteiger partial charge in [0.05, 0.1) is 13.7 Å². The van der Waals surface area contributed by atoms with Crippen molar-refractivity contribution in [2.24, 2.45) is 0 Å². The number of aromatic nitrogens is 2. The first-order chi connectivity index (χ1) is 7.77. The zero-order chi connectivity index (χ0) is 11.5. The number of aliphatic hydroxyl groups is 1. The van der Waals surface area contributed by atoms with Crippen LogP contribution in [0.2, 0.25) is 0 Å². The van der Waals surface area contributed by atoms with Gasteiger partial charge < -0.3 is 20.5 Å². The third-order valence-electron chi connectivity index (χ3n) is 2.62. The zero-order valence-corrected chi connectivity index (χ0v) is 9.26. The van der Waals surface area contributed by atoms with E-state index in [1.807, 2.05) is 4.90 Å². The van der Waals surface area contributed by atoms with E-state index in [1.54, 1.807) is 0 Å². The van der Waals surface area contributed by atoms with Gasteiger partial charge in [0.15, 0.2) is 5.82 Å². The third kappa shape index (κ3) is 2.01. The molecule has 1 aliphatic carbocycles. The summed E-state index contributed by atoms with van der Waals surface area (Å²) >= 11 is 0. The molecule has 1 heterocycles. The summed E-state index contributed by atoms with van der Waals surface area (Å²) in [7, 11) is 1.52. The van der Waals surface area contributed by atoms with Gasteiger partial charge in [0.25, 0.3) is 0 Å². The predicted molar refractivity (Wildman–Crippen MR) is 60.5 cm³/mol. The second kappa shape index (κ2) is 4.52. The lowest BCUT2D eigenvalue weighted by Crippen LogP contribution is -2.30. The number of hydrogen-bond acceptors (Lipinski definition) is 6. The number of nitrogens with two attached hydrogens (primary N) is 1. The van der Waals surface area contributed by atoms with Crippen molar-refractivity contribution < 1.29 is 9.84 Å². The fourth-order valence-corrected chi connectivity index (χ4v) is 1.72. The number of anilines is 2. The highest BCUT2D eigenvalue weighted by atomic mass is 16.5. The minimum atomic E-state index is 0.0856. The Kier molecular flexibility index (Phi) is 3.09. The van der Waals surface area contributed by atoms with Gasteiger partial charge in [0, 0.05) is 12.6 Å². The molecule has 0 aromatic carbocycles. The summed E-state index contributed by atoms with van der Waals surface area (Å²) in [5.41, 5.74) is 6.35. The molecule has 2 rings (SSSR count). The molecular weight excluding hydrogens is 208 g/mol. The molecule has 1 aromatic heterocycles. The van der Waals surface area contributed by atoms with Crippen LogP contribution in [0.25, 0.3) is 0 Å². The van der Waals surface area contributed by atoms with E-state index in [4.69, 9.17) is 15.6 Å². The molecule has 3 N–H and O–H groups in total. The number of ether oxygens (including phenoxy) is 1. The molecule has 0 atom stereocenters. The summed E-state index contributed by atoms with van der Waals surface area (Å²) in [4.78, 5) is 10.1. The summed E-state index contributed by atoms with van der Waals surface area (Å²) in [5.74, 6) is 1.04. The second-order valence-electron chi connectivity index (χ2n) is 3.77. The summed E-state index contributed by atoms with van der Waals surface area (Å²) in [6.45, 7) is 0.622. The van der Waals surface area contributed by atoms with Gasteiger partial charge in [-0.3, -0.25) is 0 Å². The van der Waals surface area contributed by atoms with Crippen LogP contribution in [0.5, 0.6) is 5.88 Å². The minimum absolute atomic E-state index is 0.0856. The van der Waals surface area contributed by atoms with E-state index >= 15 is 0 Å². The highest BCUT2D eigenvalue weighted by Gasteiger charge is 2.31. The van der Waals surface area contributed by atoms with Gasteiger partial charge >= 0.3 is 0 Å². The number of nitrogen functional groups attached to an aromatic ring is 1. The number of rotatable bonds is 5. The van der Waals surface area contributed by atoms with E-state index in [2.05, 4.69) is 9.97 Å². The molecule has 0 bridgehead atoms. The molecule has 6 nitrogen and oxygen atoms in total. The maximum Gasteiger partial charge on any atom is 0.242 e. The number of hydrogen-bond donors (Lipinski definition) is 2. The van der Waals surface area contributed by atoms with Crippen LogP contribution in [0.4, 0.5) is 11.5 Å². The van der Waals surface area contributed by atoms with E-state index in [-0.39, 0.29) is 6.61 Å². The predicted octanol–water partition coefficient (Wildman–Crippen LogP) is 0.0285. The lowest BCUT2D eigenvalue weighted by molar-refractivity contribution is 0.301. The summed E-state index contributed by atoms with van der Waals surface area (Å²) in [5, 5.41) is 9.03. The normalized spacial score (nSPS) is 14.9. The van der Waals surface area contributed by atoms with Gasteiger partial charge in [-0.15, -0.1) is 0 Å². The minimum Gasteiger partial charge on any atom is -0.479 e. The molecule has 1 aromatic rings. The van der Waals surface area contributed by atoms with Crippen molar-refractivity contribution in [3.05, 3.63) is 6.33 Å². The first-order valence-corrected chi connectivity index (χ1v) is 5.30. The zero-order valence-electron chi connectivity index (χ0n) is 9.26. The number of methoxy groups -OCH3 is 1. The van der Waals surface area contributed by atoms with E-state index in [0.29, 0.717) is 30.0 Å². The van der Waals surface area contributed by atoms with Crippen molar-refractivity contribution >= 4 is 11.5 Å². The fraction of sp³-hybridized carbons (Fsp3) is 0.600. The highest BCUT2D eigenvalue weighted by Crippen LogP contribution is 2.35. The standard InChI is InChI=1S/C10H16N4O2/c1-16-10-8(11)9(12-6-13-10)14(4-5-15)7-2-3-7/h6-7,15H,2-5,11H2,1H3. The van der Waals surface area contributed by atoms with Gasteiger partial charge in [-0.25, -0.2) is 4.98 Å². The van der Waals surface area contributed by atoms with E-state index in [1.165, 1.54) is 13.4 Å². The van der Waals surface area contributed by atoms with E-state index < -0.39 is 0 Å². The van der Waals surface area contributed by atoms with E-state index in [0.717, 1.165) is 12.8 Å². The lowest BCUT2D eigenvalue weighted by atomic mass is 10.3. The summed E-state index contributed by atoms with van der Waals surface area (Å²) in [6.07, 6.45) is 3.66. The number of nitrogens with zero attached hydrogens (tertiary/aromatic N) is 3. The second-order valence-corrected chi connectivity index (χ2v) is 3.77. The van der Waals surface area contributed by atoms with E-state index in [9.17, 15) is 0 Å². The van der Waals surface area contributed by atoms with Gasteiger partial charge in [0.1, 0.15) is 12.0 Å². The molecule has 1 saturated carbocycles. The fourth-order valence-electron chi connectivity index (χ4n) is 1.72. The van der Waals surface area contributed by atoms with Gasteiger partial charge in [-0.1, -0.05) is 0 Å². The Hall–Kier alpha value is -1.56. The van der Waals surface area contributed by atoms with Crippen LogP contribution in [0.1, 0.15) is 12.8 Å². The smallest absolute Gasteiger partial charge is 0.242 e. The molecule has 1 aliphatic rings. The van der Waals surface area contributed by atoms with Crippen molar-refractivity contribution in [1.82, 2.24) is 9.97 Å². The highest BCUT2D eigenvalue weighted by molar-refractivity contribution is 5.68. The Morgan fingerprint density at radius 3 is 2.88 bits per heavy atom. The molecule has 0 saturated heterocycles. The van der Waals surface area contributed by atoms with Crippen LogP contribution in [0, 0.1) is 0 Å². The topological polar surface area (TPSA) is 84.5 Å². The van der Waals surface area contributed by atoms with Crippen molar-refractivity contribution in [2.45, 2.75) is 18.9 Å². The van der Waals surface area contributed by atoms with Gasteiger partial charge in [-0.2, -0.15) is 4.98 Å². The van der Waals surface area contributed by atoms with Crippen molar-refractivity contribution in [3.63, 3.8) is 0 Å². The molecule has 0 amide bonds. The van der Waals surface area contributed by atoms with Crippen LogP contribution in [-0.2, 0) is 0 Å². The molecular formula is C10H16N4O2. The largest absolute Gasteiger partial charge is 0.479 e. The monoisotopic (exact) mass is 224 g/mol. The Morgan fingerprint density at radius 1 is 1.56 bits per heavy atom. The average Bonchev–Trinajstić information content (AvgIpc) is 3.11. The van der Waals surface area contributed by atoms with Crippen LogP contribution < -0.4 is 15.4 Å². The molecule has 0 radical (unpaired) electrons. The van der Waals surface area contributed by atoms with Gasteiger partial charge in [0.2, 0.25) is 5.88 Å². The van der Waals surface area contributed by atoms with Crippen molar-refractivity contribution in [3.8, 4) is 5.88 Å². The quantitative estimate of drug-likeness (QED) is 0.734. The molecule has 0 spiro atoms. The Balaban J connectivity index is 2.29. The summed E-state index contributed by atoms with van der Waals surface area (Å²) < 4.78 is 5.05. The molecule has 0 unspecified atom stereocenters. The first-order valence-electron chi connectivity index (χ1n) is 5.30. The summed E-state index contributed by atoms with van der Waals surface area (Å²) in [6, 6.07) is 0.439. The molecule has 1 fully saturated rings. The van der Waals surface area contributed by atoms with Gasteiger partial charge in [-0.05, 0) is 12.8 Å². The maximum absolute atomic E-state index is 9.03. The van der Waals surface area contributed by atoms with Crippen molar-refractivity contribution in [2.75, 3.05) is 30.9 Å².